The number of nitrogens with zero attached hydrogens (tertiary/aromatic N) is 1. The van der Waals surface area contributed by atoms with Crippen molar-refractivity contribution in [2.45, 2.75) is 13.0 Å². The number of anilines is 1. The Bertz CT molecular complexity index is 1190. The Balaban J connectivity index is 1.37. The predicted molar refractivity (Wildman–Crippen MR) is 111 cm³/mol. The van der Waals surface area contributed by atoms with Crippen LogP contribution in [0.15, 0.2) is 71.1 Å². The number of carbonyl (C=O) groups excluding carboxylic acids is 1. The quantitative estimate of drug-likeness (QED) is 0.420. The van der Waals surface area contributed by atoms with Crippen LogP contribution in [0.3, 0.4) is 0 Å². The predicted octanol–water partition coefficient (Wildman–Crippen LogP) is 5.82. The second-order valence-electron chi connectivity index (χ2n) is 6.39. The molecule has 152 valence electrons. The fourth-order valence-electron chi connectivity index (χ4n) is 2.66. The Morgan fingerprint density at radius 2 is 1.83 bits per heavy atom. The molecule has 8 heteroatoms. The van der Waals surface area contributed by atoms with Crippen molar-refractivity contribution >= 4 is 34.3 Å². The molecular formula is C22H16ClFN2O4. The standard InChI is InChI=1S/C22H16ClFN2O4/c1-13(21(27)25-18-5-3-2-4-17(18)24)28-15-7-9-16(10-8-15)29-22-26-19-11-6-14(23)12-20(19)30-22/h2-13H,1H3,(H,25,27)/t13-/m1/s1. The van der Waals surface area contributed by atoms with Crippen LogP contribution >= 0.6 is 11.6 Å². The number of benzene rings is 3. The number of hydrogen-bond acceptors (Lipinski definition) is 5. The summed E-state index contributed by atoms with van der Waals surface area (Å²) in [5, 5.41) is 3.04. The van der Waals surface area contributed by atoms with Crippen LogP contribution in [0.25, 0.3) is 11.1 Å². The number of halogens is 2. The molecule has 1 heterocycles. The molecule has 0 unspecified atom stereocenters. The highest BCUT2D eigenvalue weighted by Crippen LogP contribution is 2.28. The van der Waals surface area contributed by atoms with Crippen molar-refractivity contribution in [3.8, 4) is 17.6 Å². The lowest BCUT2D eigenvalue weighted by Gasteiger charge is -2.15. The highest BCUT2D eigenvalue weighted by molar-refractivity contribution is 6.31. The van der Waals surface area contributed by atoms with Crippen molar-refractivity contribution in [2.24, 2.45) is 0 Å². The third-order valence-electron chi connectivity index (χ3n) is 4.17. The van der Waals surface area contributed by atoms with Crippen molar-refractivity contribution in [2.75, 3.05) is 5.32 Å². The summed E-state index contributed by atoms with van der Waals surface area (Å²) in [6, 6.07) is 17.6. The fourth-order valence-corrected chi connectivity index (χ4v) is 2.82. The Hall–Kier alpha value is -3.58. The van der Waals surface area contributed by atoms with E-state index < -0.39 is 17.8 Å². The SMILES string of the molecule is C[C@@H](Oc1ccc(Oc2nc3ccc(Cl)cc3o2)cc1)C(=O)Nc1ccccc1F. The monoisotopic (exact) mass is 426 g/mol. The van der Waals surface area contributed by atoms with Gasteiger partial charge in [0.15, 0.2) is 11.7 Å². The minimum atomic E-state index is -0.835. The maximum atomic E-state index is 13.7. The van der Waals surface area contributed by atoms with E-state index in [4.69, 9.17) is 25.5 Å². The van der Waals surface area contributed by atoms with E-state index in [1.54, 1.807) is 61.5 Å². The molecule has 0 aliphatic carbocycles. The zero-order chi connectivity index (χ0) is 21.1. The van der Waals surface area contributed by atoms with Crippen molar-refractivity contribution < 1.29 is 23.1 Å². The topological polar surface area (TPSA) is 73.6 Å². The third kappa shape index (κ3) is 4.52. The van der Waals surface area contributed by atoms with E-state index in [-0.39, 0.29) is 11.8 Å². The van der Waals surface area contributed by atoms with Gasteiger partial charge < -0.3 is 19.2 Å². The third-order valence-corrected chi connectivity index (χ3v) is 4.41. The average molecular weight is 427 g/mol. The number of aromatic nitrogens is 1. The number of nitrogens with one attached hydrogen (secondary N) is 1. The maximum absolute atomic E-state index is 13.7. The average Bonchev–Trinajstić information content (AvgIpc) is 3.12. The lowest BCUT2D eigenvalue weighted by atomic mass is 10.2. The molecule has 3 aromatic carbocycles. The number of hydrogen-bond donors (Lipinski definition) is 1. The van der Waals surface area contributed by atoms with E-state index in [0.717, 1.165) is 0 Å². The summed E-state index contributed by atoms with van der Waals surface area (Å²) in [6.45, 7) is 1.57. The summed E-state index contributed by atoms with van der Waals surface area (Å²) in [5.41, 5.74) is 1.25. The van der Waals surface area contributed by atoms with Crippen molar-refractivity contribution in [1.29, 1.82) is 0 Å². The van der Waals surface area contributed by atoms with Crippen LogP contribution in [0, 0.1) is 5.82 Å². The molecule has 0 fully saturated rings. The van der Waals surface area contributed by atoms with E-state index in [1.807, 2.05) is 0 Å². The summed E-state index contributed by atoms with van der Waals surface area (Å²) < 4.78 is 30.4. The van der Waals surface area contributed by atoms with Gasteiger partial charge in [0.05, 0.1) is 5.69 Å². The van der Waals surface area contributed by atoms with Crippen LogP contribution in [0.4, 0.5) is 10.1 Å². The van der Waals surface area contributed by atoms with Crippen LogP contribution in [-0.4, -0.2) is 17.0 Å². The number of amides is 1. The van der Waals surface area contributed by atoms with Crippen LogP contribution < -0.4 is 14.8 Å². The smallest absolute Gasteiger partial charge is 0.400 e. The number of ether oxygens (including phenoxy) is 2. The molecule has 30 heavy (non-hydrogen) atoms. The maximum Gasteiger partial charge on any atom is 0.400 e. The normalized spacial score (nSPS) is 11.8. The molecule has 1 atom stereocenters. The first kappa shape index (κ1) is 19.7. The van der Waals surface area contributed by atoms with Gasteiger partial charge in [0.1, 0.15) is 22.8 Å². The molecule has 0 bridgehead atoms. The highest BCUT2D eigenvalue weighted by Gasteiger charge is 2.16. The number of oxazole rings is 1. The minimum Gasteiger partial charge on any atom is -0.481 e. The Morgan fingerprint density at radius 1 is 1.10 bits per heavy atom. The molecule has 4 aromatic rings. The van der Waals surface area contributed by atoms with Gasteiger partial charge in [-0.1, -0.05) is 23.7 Å². The van der Waals surface area contributed by atoms with Crippen molar-refractivity contribution in [1.82, 2.24) is 4.98 Å². The van der Waals surface area contributed by atoms with Gasteiger partial charge in [-0.3, -0.25) is 4.79 Å². The molecule has 0 saturated carbocycles. The first-order chi connectivity index (χ1) is 14.5. The van der Waals surface area contributed by atoms with Crippen LogP contribution in [0.2, 0.25) is 5.02 Å². The molecule has 4 rings (SSSR count). The zero-order valence-electron chi connectivity index (χ0n) is 15.8. The molecule has 1 aromatic heterocycles. The van der Waals surface area contributed by atoms with E-state index in [9.17, 15) is 9.18 Å². The first-order valence-electron chi connectivity index (χ1n) is 9.04. The molecule has 1 amide bonds. The van der Waals surface area contributed by atoms with Crippen molar-refractivity contribution in [3.05, 3.63) is 77.6 Å². The molecule has 0 aliphatic rings. The number of carbonyl (C=O) groups is 1. The van der Waals surface area contributed by atoms with Crippen LogP contribution in [-0.2, 0) is 4.79 Å². The van der Waals surface area contributed by atoms with Gasteiger partial charge in [0.2, 0.25) is 0 Å². The van der Waals surface area contributed by atoms with Gasteiger partial charge in [-0.05, 0) is 55.5 Å². The second-order valence-corrected chi connectivity index (χ2v) is 6.83. The lowest BCUT2D eigenvalue weighted by molar-refractivity contribution is -0.122. The zero-order valence-corrected chi connectivity index (χ0v) is 16.5. The summed E-state index contributed by atoms with van der Waals surface area (Å²) >= 11 is 5.93. The fraction of sp³-hybridized carbons (Fsp3) is 0.0909. The molecular weight excluding hydrogens is 411 g/mol. The van der Waals surface area contributed by atoms with Crippen LogP contribution in [0.5, 0.6) is 17.6 Å². The molecule has 0 saturated heterocycles. The Kier molecular flexibility index (Phi) is 5.54. The van der Waals surface area contributed by atoms with E-state index in [2.05, 4.69) is 10.3 Å². The van der Waals surface area contributed by atoms with Gasteiger partial charge in [-0.25, -0.2) is 4.39 Å². The van der Waals surface area contributed by atoms with E-state index in [1.165, 1.54) is 12.1 Å². The van der Waals surface area contributed by atoms with Gasteiger partial charge in [0.25, 0.3) is 5.91 Å². The number of para-hydroxylation sites is 1. The summed E-state index contributed by atoms with van der Waals surface area (Å²) in [7, 11) is 0. The molecule has 0 spiro atoms. The van der Waals surface area contributed by atoms with E-state index in [0.29, 0.717) is 27.6 Å². The van der Waals surface area contributed by atoms with E-state index >= 15 is 0 Å². The van der Waals surface area contributed by atoms with Gasteiger partial charge in [-0.2, -0.15) is 4.98 Å². The summed E-state index contributed by atoms with van der Waals surface area (Å²) in [6.07, 6.45) is -0.753. The van der Waals surface area contributed by atoms with Crippen LogP contribution in [0.1, 0.15) is 6.92 Å². The lowest BCUT2D eigenvalue weighted by Crippen LogP contribution is -2.30. The minimum absolute atomic E-state index is 0.0820. The molecule has 1 N–H and O–H groups in total. The van der Waals surface area contributed by atoms with Gasteiger partial charge >= 0.3 is 6.08 Å². The largest absolute Gasteiger partial charge is 0.481 e. The molecule has 6 nitrogen and oxygen atoms in total. The Morgan fingerprint density at radius 3 is 2.60 bits per heavy atom. The highest BCUT2D eigenvalue weighted by atomic mass is 35.5. The number of rotatable bonds is 6. The summed E-state index contributed by atoms with van der Waals surface area (Å²) in [4.78, 5) is 16.5. The Labute approximate surface area is 176 Å². The number of fused-ring (bicyclic) bond motifs is 1. The molecule has 0 radical (unpaired) electrons. The van der Waals surface area contributed by atoms with Gasteiger partial charge in [-0.15, -0.1) is 0 Å². The first-order valence-corrected chi connectivity index (χ1v) is 9.42. The van der Waals surface area contributed by atoms with Crippen molar-refractivity contribution in [3.63, 3.8) is 0 Å². The summed E-state index contributed by atoms with van der Waals surface area (Å²) in [5.74, 6) is -0.0575. The van der Waals surface area contributed by atoms with Gasteiger partial charge in [0, 0.05) is 11.1 Å². The molecule has 0 aliphatic heterocycles. The second kappa shape index (κ2) is 8.42.